The van der Waals surface area contributed by atoms with Crippen molar-refractivity contribution in [2.45, 2.75) is 38.1 Å². The lowest BCUT2D eigenvalue weighted by atomic mass is 9.93. The molecule has 34 heavy (non-hydrogen) atoms. The first-order valence-corrected chi connectivity index (χ1v) is 12.9. The topological polar surface area (TPSA) is 66.9 Å². The number of nitrogens with zero attached hydrogens (tertiary/aromatic N) is 3. The van der Waals surface area contributed by atoms with Crippen LogP contribution in [0.1, 0.15) is 32.6 Å². The molecule has 1 N–H and O–H groups in total. The number of anilines is 2. The van der Waals surface area contributed by atoms with E-state index in [4.69, 9.17) is 21.1 Å². The standard InChI is InChI=1S/C26H33ClN4O3/c1-25(2-9-34-17-25)31-7-5-30(6-8-31)22-13-18-14-23(28-16-19(18)12-21(22)27)29-24(32)20-15-26(20)3-10-33-11-4-26/h12-14,16,20H,2-11,15,17H2,1H3,(H,28,29,32)/t20-,25-/m1/s1. The number of carbonyl (C=O) groups excluding carboxylic acids is 1. The van der Waals surface area contributed by atoms with Crippen molar-refractivity contribution in [3.63, 3.8) is 0 Å². The Morgan fingerprint density at radius 3 is 2.56 bits per heavy atom. The summed E-state index contributed by atoms with van der Waals surface area (Å²) in [5, 5.41) is 5.83. The minimum atomic E-state index is 0.0816. The second-order valence-corrected chi connectivity index (χ2v) is 11.1. The SMILES string of the molecule is C[C@@]1(N2CCN(c3cc4cc(NC(=O)[C@H]5CC56CCOCC6)ncc4cc3Cl)CC2)CCOC1. The summed E-state index contributed by atoms with van der Waals surface area (Å²) in [6.07, 6.45) is 5.83. The van der Waals surface area contributed by atoms with E-state index >= 15 is 0 Å². The number of pyridine rings is 1. The zero-order chi connectivity index (χ0) is 23.3. The summed E-state index contributed by atoms with van der Waals surface area (Å²) >= 11 is 6.70. The van der Waals surface area contributed by atoms with Crippen LogP contribution in [-0.2, 0) is 14.3 Å². The van der Waals surface area contributed by atoms with Crippen LogP contribution >= 0.6 is 11.6 Å². The van der Waals surface area contributed by atoms with E-state index in [0.29, 0.717) is 5.82 Å². The average molecular weight is 485 g/mol. The molecule has 0 radical (unpaired) electrons. The Bertz CT molecular complexity index is 1090. The minimum absolute atomic E-state index is 0.0816. The second kappa shape index (κ2) is 8.63. The molecule has 1 aromatic heterocycles. The molecule has 4 aliphatic rings. The number of rotatable bonds is 4. The number of hydrogen-bond donors (Lipinski definition) is 1. The molecule has 2 atom stereocenters. The lowest BCUT2D eigenvalue weighted by molar-refractivity contribution is -0.118. The molecule has 1 saturated carbocycles. The van der Waals surface area contributed by atoms with Gasteiger partial charge in [-0.2, -0.15) is 0 Å². The number of amides is 1. The molecule has 8 heteroatoms. The summed E-state index contributed by atoms with van der Waals surface area (Å²) in [6, 6.07) is 6.10. The van der Waals surface area contributed by atoms with Gasteiger partial charge in [0.25, 0.3) is 0 Å². The third-order valence-electron chi connectivity index (χ3n) is 8.62. The molecule has 1 aromatic carbocycles. The van der Waals surface area contributed by atoms with Crippen LogP contribution in [0.5, 0.6) is 0 Å². The van der Waals surface area contributed by atoms with Crippen LogP contribution in [0.15, 0.2) is 24.4 Å². The lowest BCUT2D eigenvalue weighted by Gasteiger charge is -2.44. The van der Waals surface area contributed by atoms with Crippen LogP contribution < -0.4 is 10.2 Å². The van der Waals surface area contributed by atoms with E-state index in [2.05, 4.69) is 33.1 Å². The summed E-state index contributed by atoms with van der Waals surface area (Å²) in [6.45, 7) is 9.39. The van der Waals surface area contributed by atoms with Crippen LogP contribution in [0, 0.1) is 11.3 Å². The number of halogens is 1. The van der Waals surface area contributed by atoms with Gasteiger partial charge < -0.3 is 19.7 Å². The van der Waals surface area contributed by atoms with Crippen LogP contribution in [0.2, 0.25) is 5.02 Å². The Balaban J connectivity index is 1.16. The maximum Gasteiger partial charge on any atom is 0.229 e. The van der Waals surface area contributed by atoms with Gasteiger partial charge in [0.2, 0.25) is 5.91 Å². The maximum absolute atomic E-state index is 12.9. The molecule has 2 aromatic rings. The Morgan fingerprint density at radius 1 is 1.06 bits per heavy atom. The fraction of sp³-hybridized carbons (Fsp3) is 0.615. The van der Waals surface area contributed by atoms with Gasteiger partial charge in [-0.3, -0.25) is 9.69 Å². The Hall–Kier alpha value is -1.93. The van der Waals surface area contributed by atoms with Gasteiger partial charge in [-0.25, -0.2) is 4.98 Å². The maximum atomic E-state index is 12.9. The predicted octanol–water partition coefficient (Wildman–Crippen LogP) is 3.94. The molecular formula is C26H33ClN4O3. The van der Waals surface area contributed by atoms with Crippen LogP contribution in [0.25, 0.3) is 10.8 Å². The van der Waals surface area contributed by atoms with Gasteiger partial charge in [-0.05, 0) is 61.6 Å². The third-order valence-corrected chi connectivity index (χ3v) is 8.92. The molecule has 3 aliphatic heterocycles. The first-order valence-electron chi connectivity index (χ1n) is 12.5. The first kappa shape index (κ1) is 22.5. The van der Waals surface area contributed by atoms with Gasteiger partial charge in [-0.15, -0.1) is 0 Å². The van der Waals surface area contributed by atoms with Gasteiger partial charge in [0.1, 0.15) is 5.82 Å². The second-order valence-electron chi connectivity index (χ2n) is 10.7. The fourth-order valence-corrected chi connectivity index (χ4v) is 6.41. The predicted molar refractivity (Wildman–Crippen MR) is 134 cm³/mol. The highest BCUT2D eigenvalue weighted by Crippen LogP contribution is 2.59. The monoisotopic (exact) mass is 484 g/mol. The van der Waals surface area contributed by atoms with Gasteiger partial charge in [0, 0.05) is 69.0 Å². The van der Waals surface area contributed by atoms with Crippen molar-refractivity contribution in [3.8, 4) is 0 Å². The van der Waals surface area contributed by atoms with Crippen LogP contribution in [0.4, 0.5) is 11.5 Å². The quantitative estimate of drug-likeness (QED) is 0.709. The van der Waals surface area contributed by atoms with Crippen molar-refractivity contribution >= 4 is 39.8 Å². The molecular weight excluding hydrogens is 452 g/mol. The smallest absolute Gasteiger partial charge is 0.229 e. The summed E-state index contributed by atoms with van der Waals surface area (Å²) in [5.41, 5.74) is 1.36. The van der Waals surface area contributed by atoms with E-state index in [-0.39, 0.29) is 22.8 Å². The molecule has 0 bridgehead atoms. The number of aromatic nitrogens is 1. The summed E-state index contributed by atoms with van der Waals surface area (Å²) in [4.78, 5) is 22.3. The zero-order valence-electron chi connectivity index (χ0n) is 19.8. The molecule has 0 unspecified atom stereocenters. The first-order chi connectivity index (χ1) is 16.5. The number of nitrogens with one attached hydrogen (secondary N) is 1. The van der Waals surface area contributed by atoms with Crippen molar-refractivity contribution in [1.29, 1.82) is 0 Å². The van der Waals surface area contributed by atoms with E-state index in [0.717, 1.165) is 99.8 Å². The molecule has 1 spiro atoms. The van der Waals surface area contributed by atoms with E-state index < -0.39 is 0 Å². The zero-order valence-corrected chi connectivity index (χ0v) is 20.6. The molecule has 1 aliphatic carbocycles. The highest BCUT2D eigenvalue weighted by molar-refractivity contribution is 6.34. The summed E-state index contributed by atoms with van der Waals surface area (Å²) in [5.74, 6) is 0.778. The van der Waals surface area contributed by atoms with E-state index in [9.17, 15) is 4.79 Å². The molecule has 182 valence electrons. The molecule has 4 heterocycles. The molecule has 4 fully saturated rings. The number of piperazine rings is 1. The van der Waals surface area contributed by atoms with Gasteiger partial charge in [0.15, 0.2) is 0 Å². The Labute approximate surface area is 205 Å². The van der Waals surface area contributed by atoms with Gasteiger partial charge in [-0.1, -0.05) is 11.6 Å². The van der Waals surface area contributed by atoms with Crippen molar-refractivity contribution in [1.82, 2.24) is 9.88 Å². The molecule has 6 rings (SSSR count). The van der Waals surface area contributed by atoms with Crippen LogP contribution in [0.3, 0.4) is 0 Å². The third kappa shape index (κ3) is 4.06. The fourth-order valence-electron chi connectivity index (χ4n) is 6.12. The molecule has 3 saturated heterocycles. The number of ether oxygens (including phenoxy) is 2. The number of benzene rings is 1. The average Bonchev–Trinajstić information content (AvgIpc) is 3.34. The van der Waals surface area contributed by atoms with Gasteiger partial charge >= 0.3 is 0 Å². The molecule has 7 nitrogen and oxygen atoms in total. The lowest BCUT2D eigenvalue weighted by Crippen LogP contribution is -2.56. The van der Waals surface area contributed by atoms with Crippen molar-refractivity contribution < 1.29 is 14.3 Å². The minimum Gasteiger partial charge on any atom is -0.381 e. The number of fused-ring (bicyclic) bond motifs is 1. The molecule has 1 amide bonds. The van der Waals surface area contributed by atoms with Crippen molar-refractivity contribution in [2.75, 3.05) is 62.8 Å². The highest BCUT2D eigenvalue weighted by Gasteiger charge is 2.58. The number of carbonyl (C=O) groups is 1. The van der Waals surface area contributed by atoms with E-state index in [1.54, 1.807) is 6.20 Å². The van der Waals surface area contributed by atoms with Gasteiger partial charge in [0.05, 0.1) is 17.3 Å². The Morgan fingerprint density at radius 2 is 1.82 bits per heavy atom. The summed E-state index contributed by atoms with van der Waals surface area (Å²) in [7, 11) is 0. The highest BCUT2D eigenvalue weighted by atomic mass is 35.5. The van der Waals surface area contributed by atoms with E-state index in [1.807, 2.05) is 12.1 Å². The van der Waals surface area contributed by atoms with Crippen LogP contribution in [-0.4, -0.2) is 73.9 Å². The van der Waals surface area contributed by atoms with Crippen molar-refractivity contribution in [2.24, 2.45) is 11.3 Å². The largest absolute Gasteiger partial charge is 0.381 e. The summed E-state index contributed by atoms with van der Waals surface area (Å²) < 4.78 is 11.1. The number of hydrogen-bond acceptors (Lipinski definition) is 6. The Kier molecular flexibility index (Phi) is 5.72. The normalized spacial score (nSPS) is 29.0. The van der Waals surface area contributed by atoms with Crippen molar-refractivity contribution in [3.05, 3.63) is 29.4 Å². The van der Waals surface area contributed by atoms with E-state index in [1.165, 1.54) is 0 Å².